The van der Waals surface area contributed by atoms with Crippen LogP contribution in [0.1, 0.15) is 93.2 Å². The third-order valence-corrected chi connectivity index (χ3v) is 12.0. The summed E-state index contributed by atoms with van der Waals surface area (Å²) in [5, 5.41) is 2.59. The summed E-state index contributed by atoms with van der Waals surface area (Å²) in [5.41, 5.74) is 9.25. The van der Waals surface area contributed by atoms with Crippen LogP contribution >= 0.6 is 24.0 Å². The number of benzene rings is 3. The molecule has 1 aromatic heterocycles. The quantitative estimate of drug-likeness (QED) is 0.0905. The summed E-state index contributed by atoms with van der Waals surface area (Å²) in [7, 11) is 0. The highest BCUT2D eigenvalue weighted by atomic mass is 32.1. The summed E-state index contributed by atoms with van der Waals surface area (Å²) in [5.74, 6) is 0. The molecule has 0 nitrogen and oxygen atoms in total. The number of allylic oxidation sites excluding steroid dienone is 8. The Morgan fingerprint density at radius 3 is 2.60 bits per heavy atom. The number of unbranched alkanes of at least 4 members (excludes halogenated alkanes) is 4. The zero-order valence-corrected chi connectivity index (χ0v) is 28.4. The fourth-order valence-electron chi connectivity index (χ4n) is 8.14. The third kappa shape index (κ3) is 5.45. The van der Waals surface area contributed by atoms with Gasteiger partial charge < -0.3 is 0 Å². The highest BCUT2D eigenvalue weighted by molar-refractivity contribution is 7.90. The van der Waals surface area contributed by atoms with Gasteiger partial charge in [0.25, 0.3) is 0 Å². The Labute approximate surface area is 279 Å². The van der Waals surface area contributed by atoms with Crippen molar-refractivity contribution in [2.24, 2.45) is 5.41 Å². The van der Waals surface area contributed by atoms with Crippen LogP contribution in [0.2, 0.25) is 0 Å². The number of hydrogen-bond donors (Lipinski definition) is 1. The second kappa shape index (κ2) is 12.8. The first-order chi connectivity index (χ1) is 22.1. The molecule has 3 aliphatic carbocycles. The molecule has 2 unspecified atom stereocenters. The molecule has 3 aliphatic rings. The first-order valence-electron chi connectivity index (χ1n) is 17.0. The van der Waals surface area contributed by atoms with E-state index in [0.29, 0.717) is 0 Å². The van der Waals surface area contributed by atoms with Gasteiger partial charge in [0.05, 0.1) is 0 Å². The van der Waals surface area contributed by atoms with Gasteiger partial charge in [-0.2, -0.15) is 0 Å². The average molecular weight is 625 g/mol. The van der Waals surface area contributed by atoms with Crippen molar-refractivity contribution in [2.45, 2.75) is 77.0 Å². The Balaban J connectivity index is 1.18. The van der Waals surface area contributed by atoms with Gasteiger partial charge in [-0.1, -0.05) is 131 Å². The fraction of sp³-hybridized carbons (Fsp3) is 0.302. The van der Waals surface area contributed by atoms with Crippen molar-refractivity contribution >= 4 is 51.3 Å². The minimum Gasteiger partial charge on any atom is -0.143 e. The topological polar surface area (TPSA) is 0 Å². The summed E-state index contributed by atoms with van der Waals surface area (Å²) in [6, 6.07) is 27.0. The second-order valence-electron chi connectivity index (χ2n) is 13.2. The lowest BCUT2D eigenvalue weighted by Crippen LogP contribution is -2.26. The van der Waals surface area contributed by atoms with E-state index in [0.717, 1.165) is 11.3 Å². The molecule has 2 heteroatoms. The Bertz CT molecular complexity index is 1870. The van der Waals surface area contributed by atoms with E-state index in [-0.39, 0.29) is 10.8 Å². The number of hydrogen-bond acceptors (Lipinski definition) is 2. The van der Waals surface area contributed by atoms with Gasteiger partial charge in [-0.15, -0.1) is 24.0 Å². The molecule has 228 valence electrons. The number of fused-ring (bicyclic) bond motifs is 3. The predicted octanol–water partition coefficient (Wildman–Crippen LogP) is 13.2. The van der Waals surface area contributed by atoms with E-state index in [4.69, 9.17) is 12.6 Å². The van der Waals surface area contributed by atoms with E-state index in [9.17, 15) is 0 Å². The Morgan fingerprint density at radius 1 is 0.867 bits per heavy atom. The standard InChI is InChI=1S/C43H44S2/c1-3-5-7-19-35-37-29-32(23-25-39(37)43(27-11-6-4-2)30-42(43)28-12-10-21-38(35)42)40(44)22-14-17-33-24-26-41(45-33)36-20-13-16-31-15-8-9-18-34(31)36/h8-10,12-18,20-26,28-29,44H,3-7,11,19,27,30H2,1-2H3/b17-14+,40-22-. The second-order valence-corrected chi connectivity index (χ2v) is 14.8. The molecule has 4 aromatic rings. The van der Waals surface area contributed by atoms with Gasteiger partial charge in [0, 0.05) is 25.5 Å². The molecule has 1 heterocycles. The molecule has 0 aliphatic heterocycles. The largest absolute Gasteiger partial charge is 0.143 e. The average Bonchev–Trinajstić information content (AvgIpc) is 3.47. The summed E-state index contributed by atoms with van der Waals surface area (Å²) in [6.07, 6.45) is 27.5. The fourth-order valence-corrected chi connectivity index (χ4v) is 9.32. The van der Waals surface area contributed by atoms with Crippen molar-refractivity contribution in [1.82, 2.24) is 0 Å². The van der Waals surface area contributed by atoms with Crippen molar-refractivity contribution in [2.75, 3.05) is 0 Å². The minimum atomic E-state index is 0.208. The van der Waals surface area contributed by atoms with Gasteiger partial charge in [-0.3, -0.25) is 0 Å². The Hall–Kier alpha value is -3.33. The van der Waals surface area contributed by atoms with E-state index >= 15 is 0 Å². The van der Waals surface area contributed by atoms with Crippen molar-refractivity contribution in [3.63, 3.8) is 0 Å². The minimum absolute atomic E-state index is 0.208. The number of thiol groups is 1. The molecule has 3 aromatic carbocycles. The molecule has 45 heavy (non-hydrogen) atoms. The van der Waals surface area contributed by atoms with Crippen molar-refractivity contribution in [3.05, 3.63) is 136 Å². The van der Waals surface area contributed by atoms with Gasteiger partial charge >= 0.3 is 0 Å². The van der Waals surface area contributed by atoms with E-state index in [1.165, 1.54) is 88.6 Å². The van der Waals surface area contributed by atoms with E-state index in [2.05, 4.69) is 129 Å². The van der Waals surface area contributed by atoms with Crippen LogP contribution in [0.3, 0.4) is 0 Å². The molecule has 1 spiro atoms. The lowest BCUT2D eigenvalue weighted by Gasteiger charge is -2.36. The summed E-state index contributed by atoms with van der Waals surface area (Å²) in [6.45, 7) is 4.63. The van der Waals surface area contributed by atoms with Gasteiger partial charge in [0.1, 0.15) is 0 Å². The molecule has 0 bridgehead atoms. The Morgan fingerprint density at radius 2 is 1.71 bits per heavy atom. The predicted molar refractivity (Wildman–Crippen MR) is 202 cm³/mol. The van der Waals surface area contributed by atoms with Crippen molar-refractivity contribution < 1.29 is 0 Å². The number of rotatable bonds is 12. The SMILES string of the molecule is CCCCCC1=C2C=CC=CC23CC3(CCCCC)c2ccc(/C(S)=C/C=C/c3ccc(-c4cccc5ccccc45)s3)cc21. The van der Waals surface area contributed by atoms with Crippen LogP contribution in [-0.4, -0.2) is 0 Å². The summed E-state index contributed by atoms with van der Waals surface area (Å²) < 4.78 is 0. The third-order valence-electron chi connectivity index (χ3n) is 10.5. The summed E-state index contributed by atoms with van der Waals surface area (Å²) in [4.78, 5) is 3.57. The molecular weight excluding hydrogens is 581 g/mol. The molecule has 7 rings (SSSR count). The van der Waals surface area contributed by atoms with Crippen LogP contribution < -0.4 is 0 Å². The maximum absolute atomic E-state index is 5.04. The van der Waals surface area contributed by atoms with Gasteiger partial charge in [-0.25, -0.2) is 0 Å². The van der Waals surface area contributed by atoms with Gasteiger partial charge in [0.2, 0.25) is 0 Å². The smallest absolute Gasteiger partial charge is 0.0355 e. The van der Waals surface area contributed by atoms with Crippen LogP contribution in [0.25, 0.3) is 37.8 Å². The maximum Gasteiger partial charge on any atom is 0.0355 e. The van der Waals surface area contributed by atoms with Crippen molar-refractivity contribution in [3.8, 4) is 10.4 Å². The molecule has 1 saturated carbocycles. The zero-order valence-electron chi connectivity index (χ0n) is 26.7. The Kier molecular flexibility index (Phi) is 8.64. The van der Waals surface area contributed by atoms with Gasteiger partial charge in [0.15, 0.2) is 0 Å². The first kappa shape index (κ1) is 30.3. The first-order valence-corrected chi connectivity index (χ1v) is 18.3. The van der Waals surface area contributed by atoms with Crippen LogP contribution in [-0.2, 0) is 5.41 Å². The van der Waals surface area contributed by atoms with E-state index in [1.807, 2.05) is 11.3 Å². The molecule has 0 radical (unpaired) electrons. The van der Waals surface area contributed by atoms with Crippen LogP contribution in [0.4, 0.5) is 0 Å². The monoisotopic (exact) mass is 624 g/mol. The van der Waals surface area contributed by atoms with Crippen LogP contribution in [0.15, 0.2) is 115 Å². The molecule has 0 saturated heterocycles. The summed E-state index contributed by atoms with van der Waals surface area (Å²) >= 11 is 6.88. The highest BCUT2D eigenvalue weighted by Crippen LogP contribution is 2.76. The highest BCUT2D eigenvalue weighted by Gasteiger charge is 2.70. The van der Waals surface area contributed by atoms with E-state index < -0.39 is 0 Å². The zero-order chi connectivity index (χ0) is 30.9. The maximum atomic E-state index is 5.04. The lowest BCUT2D eigenvalue weighted by molar-refractivity contribution is 0.486. The molecule has 1 fully saturated rings. The molecule has 0 N–H and O–H groups in total. The van der Waals surface area contributed by atoms with Crippen LogP contribution in [0.5, 0.6) is 0 Å². The normalized spacial score (nSPS) is 21.8. The molecular formula is C43H44S2. The molecule has 0 amide bonds. The van der Waals surface area contributed by atoms with E-state index in [1.54, 1.807) is 16.7 Å². The lowest BCUT2D eigenvalue weighted by atomic mass is 9.67. The van der Waals surface area contributed by atoms with Gasteiger partial charge in [-0.05, 0) is 100 Å². The van der Waals surface area contributed by atoms with Crippen LogP contribution in [0, 0.1) is 5.41 Å². The van der Waals surface area contributed by atoms with Crippen molar-refractivity contribution in [1.29, 1.82) is 0 Å². The number of thiophene rings is 1. The molecule has 2 atom stereocenters.